The van der Waals surface area contributed by atoms with E-state index in [-0.39, 0.29) is 0 Å². The molecule has 0 bridgehead atoms. The van der Waals surface area contributed by atoms with Crippen LogP contribution in [0.2, 0.25) is 0 Å². The van der Waals surface area contributed by atoms with E-state index in [1.54, 1.807) is 13.8 Å². The normalized spacial score (nSPS) is 14.0. The Morgan fingerprint density at radius 3 is 2.69 bits per heavy atom. The van der Waals surface area contributed by atoms with E-state index >= 15 is 0 Å². The minimum absolute atomic E-state index is 0.332. The van der Waals surface area contributed by atoms with Gasteiger partial charge in [0.05, 0.1) is 10.3 Å². The molecule has 128 valence electrons. The first kappa shape index (κ1) is 16.4. The van der Waals surface area contributed by atoms with Gasteiger partial charge < -0.3 is 0 Å². The number of imide groups is 1. The molecule has 0 radical (unpaired) electrons. The number of hydrazine groups is 1. The molecule has 1 aliphatic rings. The molecule has 0 saturated carbocycles. The van der Waals surface area contributed by atoms with Crippen LogP contribution in [0.15, 0.2) is 29.2 Å². The maximum absolute atomic E-state index is 12.2. The van der Waals surface area contributed by atoms with Gasteiger partial charge in [0.1, 0.15) is 15.8 Å². The van der Waals surface area contributed by atoms with Crippen molar-refractivity contribution in [2.75, 3.05) is 5.43 Å². The number of anilines is 1. The predicted octanol–water partition coefficient (Wildman–Crippen LogP) is 3.24. The van der Waals surface area contributed by atoms with E-state index in [1.165, 1.54) is 28.7 Å². The number of thiophene rings is 2. The number of aromatic nitrogens is 2. The number of amides is 2. The van der Waals surface area contributed by atoms with Crippen LogP contribution in [-0.2, 0) is 9.59 Å². The summed E-state index contributed by atoms with van der Waals surface area (Å²) in [5.41, 5.74) is 3.90. The van der Waals surface area contributed by atoms with Crippen LogP contribution in [0.1, 0.15) is 17.4 Å². The number of nitrogens with zero attached hydrogens (tertiary/aromatic N) is 4. The van der Waals surface area contributed by atoms with Gasteiger partial charge in [-0.1, -0.05) is 6.07 Å². The highest BCUT2D eigenvalue weighted by Crippen LogP contribution is 2.36. The summed E-state index contributed by atoms with van der Waals surface area (Å²) in [6.45, 7) is 3.38. The van der Waals surface area contributed by atoms with Crippen molar-refractivity contribution < 1.29 is 9.59 Å². The molecule has 26 heavy (non-hydrogen) atoms. The fourth-order valence-electron chi connectivity index (χ4n) is 2.64. The molecule has 0 unspecified atom stereocenters. The molecule has 3 aromatic heterocycles. The number of hydrogen-bond acceptors (Lipinski definition) is 8. The number of rotatable bonds is 3. The number of aryl methyl sites for hydroxylation is 1. The van der Waals surface area contributed by atoms with Crippen molar-refractivity contribution in [3.8, 4) is 16.8 Å². The third kappa shape index (κ3) is 2.47. The van der Waals surface area contributed by atoms with Gasteiger partial charge in [-0.15, -0.1) is 22.7 Å². The number of hydrogen-bond donors (Lipinski definition) is 1. The van der Waals surface area contributed by atoms with Crippen LogP contribution in [0.3, 0.4) is 0 Å². The Morgan fingerprint density at radius 2 is 2.08 bits per heavy atom. The summed E-state index contributed by atoms with van der Waals surface area (Å²) in [6, 6.07) is 5.93. The maximum Gasteiger partial charge on any atom is 0.275 e. The lowest BCUT2D eigenvalue weighted by Gasteiger charge is -2.17. The van der Waals surface area contributed by atoms with E-state index in [9.17, 15) is 14.9 Å². The molecule has 4 rings (SSSR count). The van der Waals surface area contributed by atoms with E-state index in [0.717, 1.165) is 15.4 Å². The Kier molecular flexibility index (Phi) is 3.79. The monoisotopic (exact) mass is 381 g/mol. The lowest BCUT2D eigenvalue weighted by Crippen LogP contribution is -2.36. The summed E-state index contributed by atoms with van der Waals surface area (Å²) in [6.07, 6.45) is 1.27. The topological polar surface area (TPSA) is 99.0 Å². The van der Waals surface area contributed by atoms with Crippen LogP contribution in [0.5, 0.6) is 0 Å². The number of carbonyl (C=O) groups excluding carboxylic acids is 2. The SMILES string of the molecule is CC1=CC(=O)N(Nc2nc(-c3cccs3)nc3sc(C#N)c(C)c23)C1=O. The number of carbonyl (C=O) groups is 2. The highest BCUT2D eigenvalue weighted by atomic mass is 32.1. The zero-order valence-electron chi connectivity index (χ0n) is 13.7. The smallest absolute Gasteiger partial charge is 0.271 e. The largest absolute Gasteiger partial charge is 0.275 e. The Hall–Kier alpha value is -3.09. The van der Waals surface area contributed by atoms with Gasteiger partial charge in [-0.2, -0.15) is 10.3 Å². The first-order valence-electron chi connectivity index (χ1n) is 7.58. The lowest BCUT2D eigenvalue weighted by atomic mass is 10.2. The van der Waals surface area contributed by atoms with Crippen LogP contribution in [0.25, 0.3) is 20.9 Å². The summed E-state index contributed by atoms with van der Waals surface area (Å²) in [5, 5.41) is 12.8. The molecule has 1 aliphatic heterocycles. The van der Waals surface area contributed by atoms with Crippen molar-refractivity contribution in [3.63, 3.8) is 0 Å². The second-order valence-corrected chi connectivity index (χ2v) is 7.59. The fourth-order valence-corrected chi connectivity index (χ4v) is 4.28. The standard InChI is InChI=1S/C17H11N5O2S2/c1-8-6-12(23)22(17(8)24)21-15-13-9(2)11(7-18)26-16(13)20-14(19-15)10-4-3-5-25-10/h3-6H,1-2H3,(H,19,20,21). The number of fused-ring (bicyclic) bond motifs is 1. The van der Waals surface area contributed by atoms with Gasteiger partial charge in [0, 0.05) is 11.6 Å². The fraction of sp³-hybridized carbons (Fsp3) is 0.118. The van der Waals surface area contributed by atoms with Gasteiger partial charge in [0.15, 0.2) is 11.6 Å². The molecule has 0 aliphatic carbocycles. The van der Waals surface area contributed by atoms with Crippen molar-refractivity contribution in [2.24, 2.45) is 0 Å². The van der Waals surface area contributed by atoms with E-state index in [2.05, 4.69) is 21.5 Å². The summed E-state index contributed by atoms with van der Waals surface area (Å²) >= 11 is 2.74. The van der Waals surface area contributed by atoms with Gasteiger partial charge in [-0.05, 0) is 30.9 Å². The minimum atomic E-state index is -0.453. The van der Waals surface area contributed by atoms with Crippen molar-refractivity contribution in [3.05, 3.63) is 39.6 Å². The van der Waals surface area contributed by atoms with Crippen molar-refractivity contribution in [1.82, 2.24) is 15.0 Å². The molecular weight excluding hydrogens is 370 g/mol. The predicted molar refractivity (Wildman–Crippen MR) is 99.4 cm³/mol. The van der Waals surface area contributed by atoms with Gasteiger partial charge in [0.25, 0.3) is 11.8 Å². The second-order valence-electron chi connectivity index (χ2n) is 5.64. The molecule has 9 heteroatoms. The number of nitrogens with one attached hydrogen (secondary N) is 1. The van der Waals surface area contributed by atoms with Gasteiger partial charge in [0.2, 0.25) is 0 Å². The van der Waals surface area contributed by atoms with Crippen LogP contribution in [0, 0.1) is 18.3 Å². The molecule has 0 saturated heterocycles. The summed E-state index contributed by atoms with van der Waals surface area (Å²) in [5.74, 6) is -0.0684. The van der Waals surface area contributed by atoms with Gasteiger partial charge in [-0.25, -0.2) is 9.97 Å². The quantitative estimate of drug-likeness (QED) is 0.699. The maximum atomic E-state index is 12.2. The molecular formula is C17H11N5O2S2. The van der Waals surface area contributed by atoms with Gasteiger partial charge in [-0.3, -0.25) is 15.0 Å². The summed E-state index contributed by atoms with van der Waals surface area (Å²) < 4.78 is 0. The van der Waals surface area contributed by atoms with Gasteiger partial charge >= 0.3 is 0 Å². The molecule has 0 aromatic carbocycles. The molecule has 0 fully saturated rings. The highest BCUT2D eigenvalue weighted by molar-refractivity contribution is 7.19. The van der Waals surface area contributed by atoms with Crippen molar-refractivity contribution >= 4 is 50.5 Å². The molecule has 1 N–H and O–H groups in total. The van der Waals surface area contributed by atoms with Crippen molar-refractivity contribution in [1.29, 1.82) is 5.26 Å². The minimum Gasteiger partial charge on any atom is -0.271 e. The molecule has 2 amide bonds. The first-order valence-corrected chi connectivity index (χ1v) is 9.27. The van der Waals surface area contributed by atoms with E-state index in [4.69, 9.17) is 0 Å². The van der Waals surface area contributed by atoms with Crippen LogP contribution in [0.4, 0.5) is 5.82 Å². The Morgan fingerprint density at radius 1 is 1.27 bits per heavy atom. The van der Waals surface area contributed by atoms with E-state index in [1.807, 2.05) is 17.5 Å². The Labute approximate surface area is 156 Å². The molecule has 0 spiro atoms. The molecule has 4 heterocycles. The Bertz CT molecular complexity index is 1140. The van der Waals surface area contributed by atoms with E-state index < -0.39 is 11.8 Å². The summed E-state index contributed by atoms with van der Waals surface area (Å²) in [7, 11) is 0. The third-order valence-electron chi connectivity index (χ3n) is 3.95. The second kappa shape index (κ2) is 6.01. The van der Waals surface area contributed by atoms with Crippen molar-refractivity contribution in [2.45, 2.75) is 13.8 Å². The lowest BCUT2D eigenvalue weighted by molar-refractivity contribution is -0.135. The van der Waals surface area contributed by atoms with Crippen LogP contribution in [-0.4, -0.2) is 26.8 Å². The average Bonchev–Trinajstić information content (AvgIpc) is 3.31. The van der Waals surface area contributed by atoms with E-state index in [0.29, 0.717) is 32.3 Å². The Balaban J connectivity index is 1.89. The van der Waals surface area contributed by atoms with Crippen LogP contribution >= 0.6 is 22.7 Å². The summed E-state index contributed by atoms with van der Waals surface area (Å²) in [4.78, 5) is 35.4. The zero-order chi connectivity index (χ0) is 18.4. The zero-order valence-corrected chi connectivity index (χ0v) is 15.4. The average molecular weight is 381 g/mol. The van der Waals surface area contributed by atoms with Crippen LogP contribution < -0.4 is 5.43 Å². The molecule has 7 nitrogen and oxygen atoms in total. The molecule has 0 atom stereocenters. The number of nitriles is 1. The first-order chi connectivity index (χ1) is 12.5. The third-order valence-corrected chi connectivity index (χ3v) is 5.91. The molecule has 3 aromatic rings. The highest BCUT2D eigenvalue weighted by Gasteiger charge is 2.30.